The van der Waals surface area contributed by atoms with Crippen molar-refractivity contribution in [2.45, 2.75) is 29.8 Å². The Labute approximate surface area is 216 Å². The van der Waals surface area contributed by atoms with Gasteiger partial charge in [-0.25, -0.2) is 18.7 Å². The fourth-order valence-electron chi connectivity index (χ4n) is 4.81. The number of likely N-dealkylation sites (tertiary alicyclic amines) is 1. The lowest BCUT2D eigenvalue weighted by Gasteiger charge is -2.46. The standard InChI is InChI=1S/C25H32N4O7S/c1-35-21-7-9-22(10-8-21)37(33,34)29(19-20-5-3-2-4-6-20)25(23(30)26-32)11-13-27(14-12-25)24(31)28-15-17-36-18-16-28/h2-10,32H,11-19H2,1H3,(H,26,30). The van der Waals surface area contributed by atoms with E-state index in [1.54, 1.807) is 39.5 Å². The van der Waals surface area contributed by atoms with Crippen molar-refractivity contribution in [3.8, 4) is 5.75 Å². The van der Waals surface area contributed by atoms with Gasteiger partial charge in [-0.05, 0) is 42.7 Å². The number of carbonyl (C=O) groups excluding carboxylic acids is 2. The van der Waals surface area contributed by atoms with Crippen molar-refractivity contribution >= 4 is 22.0 Å². The van der Waals surface area contributed by atoms with Crippen molar-refractivity contribution < 1.29 is 32.7 Å². The highest BCUT2D eigenvalue weighted by Gasteiger charge is 2.52. The summed E-state index contributed by atoms with van der Waals surface area (Å²) in [5, 5.41) is 9.71. The molecule has 2 N–H and O–H groups in total. The molecule has 0 unspecified atom stereocenters. The van der Waals surface area contributed by atoms with E-state index >= 15 is 0 Å². The van der Waals surface area contributed by atoms with Gasteiger partial charge in [0.15, 0.2) is 0 Å². The largest absolute Gasteiger partial charge is 0.497 e. The fourth-order valence-corrected chi connectivity index (χ4v) is 6.59. The van der Waals surface area contributed by atoms with Crippen LogP contribution in [0.3, 0.4) is 0 Å². The van der Waals surface area contributed by atoms with Crippen LogP contribution in [0.4, 0.5) is 4.79 Å². The van der Waals surface area contributed by atoms with E-state index in [0.29, 0.717) is 37.6 Å². The third-order valence-corrected chi connectivity index (χ3v) is 8.89. The predicted octanol–water partition coefficient (Wildman–Crippen LogP) is 1.68. The number of piperidine rings is 1. The number of methoxy groups -OCH3 is 1. The van der Waals surface area contributed by atoms with E-state index in [-0.39, 0.29) is 43.4 Å². The molecule has 2 fully saturated rings. The number of hydroxylamine groups is 1. The lowest BCUT2D eigenvalue weighted by molar-refractivity contribution is -0.142. The molecule has 0 saturated carbocycles. The van der Waals surface area contributed by atoms with Gasteiger partial charge in [-0.1, -0.05) is 30.3 Å². The molecular weight excluding hydrogens is 500 g/mol. The van der Waals surface area contributed by atoms with Crippen molar-refractivity contribution in [2.75, 3.05) is 46.5 Å². The van der Waals surface area contributed by atoms with Crippen LogP contribution in [0, 0.1) is 0 Å². The molecule has 200 valence electrons. The Hall–Kier alpha value is -3.19. The number of ether oxygens (including phenoxy) is 2. The summed E-state index contributed by atoms with van der Waals surface area (Å²) < 4.78 is 39.7. The van der Waals surface area contributed by atoms with E-state index in [9.17, 15) is 23.2 Å². The first kappa shape index (κ1) is 26.9. The minimum Gasteiger partial charge on any atom is -0.497 e. The average Bonchev–Trinajstić information content (AvgIpc) is 2.96. The number of amides is 3. The number of hydrogen-bond acceptors (Lipinski definition) is 7. The molecule has 37 heavy (non-hydrogen) atoms. The quantitative estimate of drug-likeness (QED) is 0.410. The zero-order chi connectivity index (χ0) is 26.5. The first-order valence-corrected chi connectivity index (χ1v) is 13.5. The van der Waals surface area contributed by atoms with Crippen LogP contribution < -0.4 is 10.2 Å². The molecule has 12 heteroatoms. The molecule has 0 aromatic heterocycles. The number of sulfonamides is 1. The van der Waals surface area contributed by atoms with Crippen LogP contribution in [-0.4, -0.2) is 91.7 Å². The molecule has 2 aromatic rings. The maximum atomic E-state index is 14.0. The summed E-state index contributed by atoms with van der Waals surface area (Å²) in [6.07, 6.45) is 0.0232. The number of nitrogens with one attached hydrogen (secondary N) is 1. The van der Waals surface area contributed by atoms with Gasteiger partial charge >= 0.3 is 6.03 Å². The Balaban J connectivity index is 1.69. The summed E-state index contributed by atoms with van der Waals surface area (Å²) in [6, 6.07) is 14.7. The van der Waals surface area contributed by atoms with Crippen molar-refractivity contribution in [2.24, 2.45) is 0 Å². The molecule has 2 aliphatic rings. The van der Waals surface area contributed by atoms with Crippen molar-refractivity contribution in [3.05, 3.63) is 60.2 Å². The number of carbonyl (C=O) groups is 2. The number of rotatable bonds is 7. The molecule has 11 nitrogen and oxygen atoms in total. The van der Waals surface area contributed by atoms with E-state index in [0.717, 1.165) is 4.31 Å². The number of morpholine rings is 1. The molecule has 2 aliphatic heterocycles. The van der Waals surface area contributed by atoms with E-state index in [2.05, 4.69) is 0 Å². The zero-order valence-electron chi connectivity index (χ0n) is 20.7. The van der Waals surface area contributed by atoms with Crippen molar-refractivity contribution in [3.63, 3.8) is 0 Å². The molecule has 0 bridgehead atoms. The van der Waals surface area contributed by atoms with Crippen molar-refractivity contribution in [1.82, 2.24) is 19.6 Å². The van der Waals surface area contributed by atoms with Crippen LogP contribution in [0.25, 0.3) is 0 Å². The summed E-state index contributed by atoms with van der Waals surface area (Å²) in [6.45, 7) is 2.07. The van der Waals surface area contributed by atoms with Crippen molar-refractivity contribution in [1.29, 1.82) is 0 Å². The van der Waals surface area contributed by atoms with Gasteiger partial charge in [0, 0.05) is 32.7 Å². The van der Waals surface area contributed by atoms with E-state index < -0.39 is 21.5 Å². The van der Waals surface area contributed by atoms with E-state index in [4.69, 9.17) is 9.47 Å². The lowest BCUT2D eigenvalue weighted by Crippen LogP contribution is -2.65. The second-order valence-electron chi connectivity index (χ2n) is 9.01. The normalized spacial score (nSPS) is 17.9. The van der Waals surface area contributed by atoms with Gasteiger partial charge in [-0.3, -0.25) is 10.0 Å². The second kappa shape index (κ2) is 11.5. The van der Waals surface area contributed by atoms with Gasteiger partial charge in [0.25, 0.3) is 5.91 Å². The summed E-state index contributed by atoms with van der Waals surface area (Å²) in [5.41, 5.74) is 0.753. The zero-order valence-corrected chi connectivity index (χ0v) is 21.5. The van der Waals surface area contributed by atoms with E-state index in [1.807, 2.05) is 6.07 Å². The highest BCUT2D eigenvalue weighted by molar-refractivity contribution is 7.89. The van der Waals surface area contributed by atoms with E-state index in [1.165, 1.54) is 31.4 Å². The lowest BCUT2D eigenvalue weighted by atomic mass is 9.86. The minimum absolute atomic E-state index is 0.0116. The van der Waals surface area contributed by atoms with Crippen LogP contribution in [0.15, 0.2) is 59.5 Å². The second-order valence-corrected chi connectivity index (χ2v) is 10.9. The van der Waals surface area contributed by atoms with Gasteiger partial charge in [-0.15, -0.1) is 0 Å². The van der Waals surface area contributed by atoms with Crippen LogP contribution in [0.5, 0.6) is 5.75 Å². The van der Waals surface area contributed by atoms with Crippen LogP contribution >= 0.6 is 0 Å². The first-order chi connectivity index (χ1) is 17.8. The highest BCUT2D eigenvalue weighted by atomic mass is 32.2. The summed E-state index contributed by atoms with van der Waals surface area (Å²) >= 11 is 0. The molecular formula is C25H32N4O7S. The smallest absolute Gasteiger partial charge is 0.320 e. The van der Waals surface area contributed by atoms with Crippen LogP contribution in [0.2, 0.25) is 0 Å². The average molecular weight is 533 g/mol. The number of urea groups is 1. The molecule has 2 heterocycles. The molecule has 2 saturated heterocycles. The maximum absolute atomic E-state index is 14.0. The van der Waals surface area contributed by atoms with Crippen LogP contribution in [0.1, 0.15) is 18.4 Å². The fraction of sp³-hybridized carbons (Fsp3) is 0.440. The number of benzene rings is 2. The van der Waals surface area contributed by atoms with Gasteiger partial charge in [0.2, 0.25) is 10.0 Å². The molecule has 2 aromatic carbocycles. The molecule has 0 radical (unpaired) electrons. The van der Waals surface area contributed by atoms with Gasteiger partial charge in [0.05, 0.1) is 25.2 Å². The summed E-state index contributed by atoms with van der Waals surface area (Å²) in [5.74, 6) is -0.342. The number of nitrogens with zero attached hydrogens (tertiary/aromatic N) is 3. The molecule has 0 aliphatic carbocycles. The third-order valence-electron chi connectivity index (χ3n) is 6.96. The first-order valence-electron chi connectivity index (χ1n) is 12.1. The minimum atomic E-state index is -4.22. The topological polar surface area (TPSA) is 129 Å². The van der Waals surface area contributed by atoms with Crippen LogP contribution in [-0.2, 0) is 26.1 Å². The Bertz CT molecular complexity index is 1180. The SMILES string of the molecule is COc1ccc(S(=O)(=O)N(Cc2ccccc2)C2(C(=O)NO)CCN(C(=O)N3CCOCC3)CC2)cc1. The monoisotopic (exact) mass is 532 g/mol. The highest BCUT2D eigenvalue weighted by Crippen LogP contribution is 2.36. The van der Waals surface area contributed by atoms with Gasteiger partial charge < -0.3 is 19.3 Å². The Morgan fingerprint density at radius 2 is 1.59 bits per heavy atom. The Morgan fingerprint density at radius 1 is 1.00 bits per heavy atom. The Kier molecular flexibility index (Phi) is 8.32. The maximum Gasteiger partial charge on any atom is 0.320 e. The third kappa shape index (κ3) is 5.57. The molecule has 0 atom stereocenters. The molecule has 0 spiro atoms. The molecule has 3 amide bonds. The van der Waals surface area contributed by atoms with Gasteiger partial charge in [0.1, 0.15) is 11.3 Å². The number of hydrogen-bond donors (Lipinski definition) is 2. The Morgan fingerprint density at radius 3 is 2.16 bits per heavy atom. The summed E-state index contributed by atoms with van der Waals surface area (Å²) in [4.78, 5) is 29.6. The predicted molar refractivity (Wildman–Crippen MR) is 133 cm³/mol. The summed E-state index contributed by atoms with van der Waals surface area (Å²) in [7, 11) is -2.74. The van der Waals surface area contributed by atoms with Gasteiger partial charge in [-0.2, -0.15) is 4.31 Å². The molecule has 4 rings (SSSR count).